The number of hydrogen-bond donors (Lipinski definition) is 0. The largest absolute Gasteiger partial charge is 0.440 e. The molecule has 2 heterocycles. The van der Waals surface area contributed by atoms with Crippen molar-refractivity contribution in [3.63, 3.8) is 0 Å². The Morgan fingerprint density at radius 2 is 1.52 bits per heavy atom. The zero-order valence-corrected chi connectivity index (χ0v) is 17.7. The molecule has 2 fully saturated rings. The van der Waals surface area contributed by atoms with E-state index in [9.17, 15) is 0 Å². The van der Waals surface area contributed by atoms with Crippen LogP contribution in [0.15, 0.2) is 30.3 Å². The molecule has 0 spiro atoms. The minimum Gasteiger partial charge on any atom is -0.406 e. The van der Waals surface area contributed by atoms with Gasteiger partial charge in [-0.3, -0.25) is 0 Å². The summed E-state index contributed by atoms with van der Waals surface area (Å²) in [5.74, 6) is 0. The lowest BCUT2D eigenvalue weighted by Crippen LogP contribution is -2.68. The van der Waals surface area contributed by atoms with Gasteiger partial charge < -0.3 is 14.2 Å². The standard InChI is InChI=1S/C20H34BNO2Si/c1-6-25(18-13-9-7-10-14-18,17-22-15-11-8-12-16-22)21-23-19(2,3)20(4,5)24-21/h7,9-10,13-14H,6,8,11-12,15-17H2,1-5H3. The van der Waals surface area contributed by atoms with Crippen molar-refractivity contribution in [2.75, 3.05) is 19.3 Å². The number of hydrogen-bond acceptors (Lipinski definition) is 3. The van der Waals surface area contributed by atoms with Crippen molar-refractivity contribution in [1.29, 1.82) is 0 Å². The van der Waals surface area contributed by atoms with Gasteiger partial charge >= 0.3 is 6.71 Å². The zero-order valence-electron chi connectivity index (χ0n) is 16.7. The fourth-order valence-electron chi connectivity index (χ4n) is 4.14. The van der Waals surface area contributed by atoms with Gasteiger partial charge in [-0.2, -0.15) is 0 Å². The Labute approximate surface area is 155 Å². The van der Waals surface area contributed by atoms with Gasteiger partial charge in [0.2, 0.25) is 0 Å². The summed E-state index contributed by atoms with van der Waals surface area (Å²) in [6, 6.07) is 12.2. The average Bonchev–Trinajstić information content (AvgIpc) is 2.82. The first-order valence-corrected chi connectivity index (χ1v) is 12.4. The summed E-state index contributed by atoms with van der Waals surface area (Å²) in [5.41, 5.74) is -0.524. The van der Waals surface area contributed by atoms with Gasteiger partial charge in [-0.05, 0) is 59.8 Å². The molecule has 0 aliphatic carbocycles. The maximum atomic E-state index is 6.63. The van der Waals surface area contributed by atoms with Gasteiger partial charge in [0.05, 0.1) is 11.2 Å². The van der Waals surface area contributed by atoms with Crippen LogP contribution in [0.3, 0.4) is 0 Å². The van der Waals surface area contributed by atoms with Gasteiger partial charge in [0, 0.05) is 0 Å². The molecule has 25 heavy (non-hydrogen) atoms. The number of rotatable bonds is 5. The highest BCUT2D eigenvalue weighted by Crippen LogP contribution is 2.40. The van der Waals surface area contributed by atoms with Crippen LogP contribution in [0.5, 0.6) is 0 Å². The third-order valence-corrected chi connectivity index (χ3v) is 11.5. The Morgan fingerprint density at radius 3 is 2.04 bits per heavy atom. The van der Waals surface area contributed by atoms with E-state index in [0.717, 1.165) is 12.2 Å². The highest BCUT2D eigenvalue weighted by molar-refractivity contribution is 7.35. The first kappa shape index (κ1) is 19.2. The van der Waals surface area contributed by atoms with Crippen LogP contribution < -0.4 is 5.19 Å². The van der Waals surface area contributed by atoms with Crippen LogP contribution in [-0.4, -0.2) is 50.0 Å². The fraction of sp³-hybridized carbons (Fsp3) is 0.700. The van der Waals surface area contributed by atoms with Gasteiger partial charge in [0.15, 0.2) is 0 Å². The Hall–Kier alpha value is -0.618. The molecule has 0 N–H and O–H groups in total. The van der Waals surface area contributed by atoms with E-state index in [2.05, 4.69) is 69.9 Å². The molecule has 1 aromatic carbocycles. The van der Waals surface area contributed by atoms with Crippen molar-refractivity contribution in [2.24, 2.45) is 0 Å². The van der Waals surface area contributed by atoms with Crippen LogP contribution in [0, 0.1) is 0 Å². The second-order valence-electron chi connectivity index (χ2n) is 8.80. The lowest BCUT2D eigenvalue weighted by molar-refractivity contribution is 0.00578. The van der Waals surface area contributed by atoms with E-state index >= 15 is 0 Å². The van der Waals surface area contributed by atoms with E-state index < -0.39 is 7.94 Å². The van der Waals surface area contributed by atoms with Crippen molar-refractivity contribution in [1.82, 2.24) is 4.90 Å². The molecule has 2 aliphatic heterocycles. The zero-order chi connectivity index (χ0) is 18.1. The predicted molar refractivity (Wildman–Crippen MR) is 109 cm³/mol. The second kappa shape index (κ2) is 7.18. The third-order valence-electron chi connectivity index (χ3n) is 6.64. The Bertz CT molecular complexity index is 558. The molecule has 0 saturated carbocycles. The molecule has 0 bridgehead atoms. The summed E-state index contributed by atoms with van der Waals surface area (Å²) in [6.45, 7) is 13.4. The molecule has 3 nitrogen and oxygen atoms in total. The van der Waals surface area contributed by atoms with Crippen LogP contribution in [0.2, 0.25) is 6.04 Å². The average molecular weight is 359 g/mol. The molecule has 1 atom stereocenters. The van der Waals surface area contributed by atoms with Crippen LogP contribution in [0.4, 0.5) is 0 Å². The molecule has 0 radical (unpaired) electrons. The molecule has 0 amide bonds. The maximum Gasteiger partial charge on any atom is 0.440 e. The quantitative estimate of drug-likeness (QED) is 0.751. The Morgan fingerprint density at radius 1 is 0.960 bits per heavy atom. The SMILES string of the molecule is CC[Si](CN1CCCCC1)(B1OC(C)(C)C(C)(C)O1)c1ccccc1. The minimum absolute atomic E-state index is 0.0770. The molecule has 2 aliphatic rings. The van der Waals surface area contributed by atoms with Crippen LogP contribution in [0.25, 0.3) is 0 Å². The summed E-state index contributed by atoms with van der Waals surface area (Å²) in [4.78, 5) is 2.68. The third kappa shape index (κ3) is 3.61. The van der Waals surface area contributed by atoms with Crippen molar-refractivity contribution >= 4 is 19.8 Å². The summed E-state index contributed by atoms with van der Waals surface area (Å²) in [5, 5.41) is 1.47. The molecule has 0 aromatic heterocycles. The molecular weight excluding hydrogens is 325 g/mol. The van der Waals surface area contributed by atoms with Gasteiger partial charge in [-0.25, -0.2) is 0 Å². The van der Waals surface area contributed by atoms with E-state index in [1.54, 1.807) is 0 Å². The minimum atomic E-state index is -2.00. The molecule has 5 heteroatoms. The molecule has 3 rings (SSSR count). The van der Waals surface area contributed by atoms with E-state index in [1.807, 2.05) is 0 Å². The lowest BCUT2D eigenvalue weighted by Gasteiger charge is -2.39. The smallest absolute Gasteiger partial charge is 0.406 e. The molecule has 1 unspecified atom stereocenters. The first-order chi connectivity index (χ1) is 11.8. The summed E-state index contributed by atoms with van der Waals surface area (Å²) < 4.78 is 13.3. The van der Waals surface area contributed by atoms with E-state index in [1.165, 1.54) is 37.5 Å². The van der Waals surface area contributed by atoms with Gasteiger partial charge in [0.25, 0.3) is 0 Å². The van der Waals surface area contributed by atoms with Crippen LogP contribution in [-0.2, 0) is 9.31 Å². The van der Waals surface area contributed by atoms with Gasteiger partial charge in [0.1, 0.15) is 7.94 Å². The van der Waals surface area contributed by atoms with Crippen molar-refractivity contribution in [2.45, 2.75) is 71.1 Å². The van der Waals surface area contributed by atoms with Crippen molar-refractivity contribution in [3.05, 3.63) is 30.3 Å². The lowest BCUT2D eigenvalue weighted by atomic mass is 9.90. The first-order valence-electron chi connectivity index (χ1n) is 9.94. The maximum absolute atomic E-state index is 6.63. The predicted octanol–water partition coefficient (Wildman–Crippen LogP) is 3.56. The molecule has 1 aromatic rings. The summed E-state index contributed by atoms with van der Waals surface area (Å²) in [6.07, 6.45) is 5.17. The van der Waals surface area contributed by atoms with Crippen molar-refractivity contribution in [3.8, 4) is 0 Å². The molecule has 2 saturated heterocycles. The molecular formula is C20H34BNO2Si. The highest BCUT2D eigenvalue weighted by Gasteiger charge is 2.60. The molecule has 138 valence electrons. The van der Waals surface area contributed by atoms with E-state index in [-0.39, 0.29) is 17.9 Å². The van der Waals surface area contributed by atoms with E-state index in [4.69, 9.17) is 9.31 Å². The van der Waals surface area contributed by atoms with Gasteiger partial charge in [-0.1, -0.05) is 54.9 Å². The number of likely N-dealkylation sites (tertiary alicyclic amines) is 1. The summed E-state index contributed by atoms with van der Waals surface area (Å²) in [7, 11) is -2.00. The Balaban J connectivity index is 1.96. The number of piperidine rings is 1. The number of nitrogens with zero attached hydrogens (tertiary/aromatic N) is 1. The normalized spacial score (nSPS) is 25.7. The number of benzene rings is 1. The van der Waals surface area contributed by atoms with Crippen molar-refractivity contribution < 1.29 is 9.31 Å². The van der Waals surface area contributed by atoms with Crippen LogP contribution in [0.1, 0.15) is 53.9 Å². The highest BCUT2D eigenvalue weighted by atomic mass is 28.3. The Kier molecular flexibility index (Phi) is 5.50. The van der Waals surface area contributed by atoms with E-state index in [0.29, 0.717) is 0 Å². The van der Waals surface area contributed by atoms with Crippen LogP contribution >= 0.6 is 0 Å². The topological polar surface area (TPSA) is 21.7 Å². The van der Waals surface area contributed by atoms with Gasteiger partial charge in [-0.15, -0.1) is 0 Å². The fourth-order valence-corrected chi connectivity index (χ4v) is 8.72. The summed E-state index contributed by atoms with van der Waals surface area (Å²) >= 11 is 0. The second-order valence-corrected chi connectivity index (χ2v) is 13.2. The monoisotopic (exact) mass is 359 g/mol.